The van der Waals surface area contributed by atoms with Gasteiger partial charge in [-0.1, -0.05) is 24.3 Å². The number of ether oxygens (including phenoxy) is 3. The minimum absolute atomic E-state index is 0.0304. The molecule has 0 spiro atoms. The second kappa shape index (κ2) is 11.4. The minimum atomic E-state index is -0.537. The molecule has 2 amide bonds. The summed E-state index contributed by atoms with van der Waals surface area (Å²) < 4.78 is 17.3. The molecule has 2 aromatic carbocycles. The monoisotopic (exact) mass is 482 g/mol. The standard InChI is InChI=1S/C26H34N4O5/c1-3-34-23-15-21(29-9-11-33-12-10-29)24(35-4-2)14-20(23)28-25(31)17-30-16-19-8-6-5-7-18(19)13-22(30)26(27)32/h5-8,14-15,22H,3-4,9-13,16-17H2,1-2H3,(H2,27,32)(H,28,31)/t22-/m0/s1. The fourth-order valence-corrected chi connectivity index (χ4v) is 4.64. The number of nitrogens with one attached hydrogen (secondary N) is 1. The highest BCUT2D eigenvalue weighted by Crippen LogP contribution is 2.39. The normalized spacial score (nSPS) is 18.0. The molecule has 0 radical (unpaired) electrons. The number of rotatable bonds is 9. The summed E-state index contributed by atoms with van der Waals surface area (Å²) in [6.07, 6.45) is 0.492. The molecule has 1 saturated heterocycles. The average molecular weight is 483 g/mol. The summed E-state index contributed by atoms with van der Waals surface area (Å²) in [5.74, 6) is 0.560. The Morgan fingerprint density at radius 2 is 1.74 bits per heavy atom. The van der Waals surface area contributed by atoms with Gasteiger partial charge in [0.05, 0.1) is 50.4 Å². The van der Waals surface area contributed by atoms with Crippen molar-refractivity contribution in [2.45, 2.75) is 32.9 Å². The van der Waals surface area contributed by atoms with E-state index in [-0.39, 0.29) is 12.5 Å². The van der Waals surface area contributed by atoms with Gasteiger partial charge in [0.15, 0.2) is 0 Å². The number of nitrogens with zero attached hydrogens (tertiary/aromatic N) is 2. The number of morpholine rings is 1. The Bertz CT molecular complexity index is 1050. The molecule has 2 heterocycles. The van der Waals surface area contributed by atoms with Crippen LogP contribution >= 0.6 is 0 Å². The topological polar surface area (TPSA) is 106 Å². The van der Waals surface area contributed by atoms with Gasteiger partial charge in [-0.2, -0.15) is 0 Å². The second-order valence-electron chi connectivity index (χ2n) is 8.63. The van der Waals surface area contributed by atoms with E-state index < -0.39 is 11.9 Å². The summed E-state index contributed by atoms with van der Waals surface area (Å²) in [4.78, 5) is 29.3. The third-order valence-electron chi connectivity index (χ3n) is 6.31. The van der Waals surface area contributed by atoms with Crippen LogP contribution in [-0.4, -0.2) is 68.8 Å². The van der Waals surface area contributed by atoms with Crippen molar-refractivity contribution < 1.29 is 23.8 Å². The zero-order valence-electron chi connectivity index (χ0n) is 20.4. The minimum Gasteiger partial charge on any atom is -0.492 e. The molecule has 0 unspecified atom stereocenters. The molecule has 1 atom stereocenters. The van der Waals surface area contributed by atoms with Crippen LogP contribution in [0.1, 0.15) is 25.0 Å². The lowest BCUT2D eigenvalue weighted by Gasteiger charge is -2.34. The van der Waals surface area contributed by atoms with Crippen LogP contribution in [0.5, 0.6) is 11.5 Å². The molecule has 9 heteroatoms. The molecule has 188 valence electrons. The van der Waals surface area contributed by atoms with E-state index in [1.54, 1.807) is 0 Å². The highest BCUT2D eigenvalue weighted by Gasteiger charge is 2.31. The van der Waals surface area contributed by atoms with Gasteiger partial charge in [-0.3, -0.25) is 14.5 Å². The van der Waals surface area contributed by atoms with E-state index in [1.807, 2.05) is 55.1 Å². The number of carbonyl (C=O) groups excluding carboxylic acids is 2. The Morgan fingerprint density at radius 3 is 2.43 bits per heavy atom. The summed E-state index contributed by atoms with van der Waals surface area (Å²) >= 11 is 0. The Kier molecular flexibility index (Phi) is 8.09. The van der Waals surface area contributed by atoms with Crippen molar-refractivity contribution in [2.24, 2.45) is 5.73 Å². The number of anilines is 2. The largest absolute Gasteiger partial charge is 0.492 e. The number of hydrogen-bond acceptors (Lipinski definition) is 7. The van der Waals surface area contributed by atoms with Gasteiger partial charge in [0, 0.05) is 31.8 Å². The maximum absolute atomic E-state index is 13.1. The highest BCUT2D eigenvalue weighted by atomic mass is 16.5. The molecule has 0 aliphatic carbocycles. The molecule has 0 bridgehead atoms. The van der Waals surface area contributed by atoms with Gasteiger partial charge in [0.1, 0.15) is 11.5 Å². The molecular weight excluding hydrogens is 448 g/mol. The number of amides is 2. The molecular formula is C26H34N4O5. The van der Waals surface area contributed by atoms with Gasteiger partial charge in [0.25, 0.3) is 0 Å². The zero-order valence-corrected chi connectivity index (χ0v) is 20.4. The first-order valence-corrected chi connectivity index (χ1v) is 12.2. The quantitative estimate of drug-likeness (QED) is 0.564. The van der Waals surface area contributed by atoms with E-state index >= 15 is 0 Å². The molecule has 1 fully saturated rings. The van der Waals surface area contributed by atoms with Gasteiger partial charge in [-0.15, -0.1) is 0 Å². The van der Waals surface area contributed by atoms with Gasteiger partial charge < -0.3 is 30.2 Å². The van der Waals surface area contributed by atoms with E-state index in [4.69, 9.17) is 19.9 Å². The van der Waals surface area contributed by atoms with Crippen molar-refractivity contribution in [1.29, 1.82) is 0 Å². The van der Waals surface area contributed by atoms with Crippen molar-refractivity contribution in [3.8, 4) is 11.5 Å². The maximum atomic E-state index is 13.1. The molecule has 2 aromatic rings. The van der Waals surface area contributed by atoms with Crippen molar-refractivity contribution in [2.75, 3.05) is 56.3 Å². The average Bonchev–Trinajstić information content (AvgIpc) is 2.85. The summed E-state index contributed by atoms with van der Waals surface area (Å²) in [7, 11) is 0. The number of nitrogens with two attached hydrogens (primary N) is 1. The molecule has 2 aliphatic rings. The summed E-state index contributed by atoms with van der Waals surface area (Å²) in [6.45, 7) is 8.08. The lowest BCUT2D eigenvalue weighted by Crippen LogP contribution is -2.50. The third kappa shape index (κ3) is 5.86. The Labute approximate surface area is 206 Å². The van der Waals surface area contributed by atoms with Gasteiger partial charge in [-0.25, -0.2) is 0 Å². The molecule has 2 aliphatic heterocycles. The van der Waals surface area contributed by atoms with E-state index in [0.29, 0.717) is 56.6 Å². The van der Waals surface area contributed by atoms with E-state index in [2.05, 4.69) is 10.2 Å². The van der Waals surface area contributed by atoms with Gasteiger partial charge >= 0.3 is 0 Å². The lowest BCUT2D eigenvalue weighted by atomic mass is 9.93. The fraction of sp³-hybridized carbons (Fsp3) is 0.462. The van der Waals surface area contributed by atoms with Crippen LogP contribution in [0.3, 0.4) is 0 Å². The van der Waals surface area contributed by atoms with Crippen molar-refractivity contribution in [3.05, 3.63) is 47.5 Å². The Hall–Kier alpha value is -3.30. The van der Waals surface area contributed by atoms with Crippen LogP contribution in [0.2, 0.25) is 0 Å². The lowest BCUT2D eigenvalue weighted by molar-refractivity contribution is -0.125. The third-order valence-corrected chi connectivity index (χ3v) is 6.31. The first-order chi connectivity index (χ1) is 17.0. The number of primary amides is 1. The van der Waals surface area contributed by atoms with Gasteiger partial charge in [0.2, 0.25) is 11.8 Å². The predicted octanol–water partition coefficient (Wildman–Crippen LogP) is 2.17. The van der Waals surface area contributed by atoms with E-state index in [0.717, 1.165) is 29.9 Å². The van der Waals surface area contributed by atoms with Crippen molar-refractivity contribution >= 4 is 23.2 Å². The zero-order chi connectivity index (χ0) is 24.8. The molecule has 3 N–H and O–H groups in total. The second-order valence-corrected chi connectivity index (χ2v) is 8.63. The number of hydrogen-bond donors (Lipinski definition) is 2. The smallest absolute Gasteiger partial charge is 0.238 e. The van der Waals surface area contributed by atoms with Crippen LogP contribution in [0.4, 0.5) is 11.4 Å². The van der Waals surface area contributed by atoms with Crippen LogP contribution in [0, 0.1) is 0 Å². The van der Waals surface area contributed by atoms with Crippen LogP contribution < -0.4 is 25.4 Å². The Balaban J connectivity index is 1.55. The molecule has 0 saturated carbocycles. The maximum Gasteiger partial charge on any atom is 0.238 e. The number of carbonyl (C=O) groups is 2. The van der Waals surface area contributed by atoms with Crippen LogP contribution in [-0.2, 0) is 27.3 Å². The first-order valence-electron chi connectivity index (χ1n) is 12.2. The van der Waals surface area contributed by atoms with Crippen LogP contribution in [0.15, 0.2) is 36.4 Å². The fourth-order valence-electron chi connectivity index (χ4n) is 4.64. The predicted molar refractivity (Wildman–Crippen MR) is 134 cm³/mol. The van der Waals surface area contributed by atoms with E-state index in [9.17, 15) is 9.59 Å². The SMILES string of the molecule is CCOc1cc(N2CCOCC2)c(OCC)cc1NC(=O)CN1Cc2ccccc2C[C@H]1C(N)=O. The highest BCUT2D eigenvalue weighted by molar-refractivity contribution is 5.95. The summed E-state index contributed by atoms with van der Waals surface area (Å²) in [6, 6.07) is 11.1. The summed E-state index contributed by atoms with van der Waals surface area (Å²) in [5.41, 5.74) is 9.32. The number of benzene rings is 2. The molecule has 35 heavy (non-hydrogen) atoms. The van der Waals surface area contributed by atoms with Crippen LogP contribution in [0.25, 0.3) is 0 Å². The Morgan fingerprint density at radius 1 is 1.06 bits per heavy atom. The van der Waals surface area contributed by atoms with Crippen molar-refractivity contribution in [3.63, 3.8) is 0 Å². The number of fused-ring (bicyclic) bond motifs is 1. The molecule has 4 rings (SSSR count). The molecule has 9 nitrogen and oxygen atoms in total. The van der Waals surface area contributed by atoms with E-state index in [1.165, 1.54) is 0 Å². The summed E-state index contributed by atoms with van der Waals surface area (Å²) in [5, 5.41) is 2.97. The van der Waals surface area contributed by atoms with Crippen molar-refractivity contribution in [1.82, 2.24) is 4.90 Å². The molecule has 0 aromatic heterocycles. The van der Waals surface area contributed by atoms with Gasteiger partial charge in [-0.05, 0) is 31.4 Å². The first kappa shape index (κ1) is 24.8.